The fraction of sp³-hybridized carbons (Fsp3) is 0.750. The van der Waals surface area contributed by atoms with Gasteiger partial charge in [-0.3, -0.25) is 4.79 Å². The van der Waals surface area contributed by atoms with Crippen LogP contribution in [0.5, 0.6) is 0 Å². The van der Waals surface area contributed by atoms with E-state index in [0.29, 0.717) is 12.3 Å². The molecule has 0 rings (SSSR count). The van der Waals surface area contributed by atoms with Crippen LogP contribution in [0.3, 0.4) is 0 Å². The van der Waals surface area contributed by atoms with Crippen LogP contribution in [0.2, 0.25) is 0 Å². The third-order valence-electron chi connectivity index (χ3n) is 1.54. The van der Waals surface area contributed by atoms with Crippen molar-refractivity contribution in [2.75, 3.05) is 35.3 Å². The Balaban J connectivity index is 4.24. The van der Waals surface area contributed by atoms with Gasteiger partial charge in [-0.1, -0.05) is 0 Å². The minimum atomic E-state index is 0.0422. The lowest BCUT2D eigenvalue weighted by Crippen LogP contribution is -2.28. The van der Waals surface area contributed by atoms with Crippen molar-refractivity contribution < 1.29 is 14.1 Å². The van der Waals surface area contributed by atoms with E-state index >= 15 is 0 Å². The van der Waals surface area contributed by atoms with Crippen molar-refractivity contribution in [2.24, 2.45) is 0 Å². The van der Waals surface area contributed by atoms with Crippen LogP contribution in [0.15, 0.2) is 0 Å². The van der Waals surface area contributed by atoms with Gasteiger partial charge in [-0.2, -0.15) is 0 Å². The van der Waals surface area contributed by atoms with Gasteiger partial charge < -0.3 is 9.64 Å². The minimum absolute atomic E-state index is 0.0422. The monoisotopic (exact) mass is 173 g/mol. The molecule has 0 spiro atoms. The van der Waals surface area contributed by atoms with E-state index in [1.54, 1.807) is 30.7 Å². The van der Waals surface area contributed by atoms with Gasteiger partial charge in [-0.05, 0) is 0 Å². The van der Waals surface area contributed by atoms with E-state index < -0.39 is 0 Å². The van der Waals surface area contributed by atoms with Gasteiger partial charge in [0.15, 0.2) is 0 Å². The highest BCUT2D eigenvalue weighted by molar-refractivity contribution is 5.94. The van der Waals surface area contributed by atoms with Crippen molar-refractivity contribution in [1.82, 2.24) is 4.90 Å². The Morgan fingerprint density at radius 3 is 2.17 bits per heavy atom. The van der Waals surface area contributed by atoms with Crippen molar-refractivity contribution in [3.63, 3.8) is 0 Å². The molecule has 0 aliphatic heterocycles. The molecule has 0 unspecified atom stereocenters. The second-order valence-corrected chi connectivity index (χ2v) is 2.96. The SMILES string of the molecule is COC(CC(=O)N(C)C)=[N+](C)C. The summed E-state index contributed by atoms with van der Waals surface area (Å²) in [5, 5.41) is 0. The summed E-state index contributed by atoms with van der Waals surface area (Å²) in [7, 11) is 8.72. The summed E-state index contributed by atoms with van der Waals surface area (Å²) in [6, 6.07) is 0. The van der Waals surface area contributed by atoms with E-state index in [1.165, 1.54) is 0 Å². The summed E-state index contributed by atoms with van der Waals surface area (Å²) in [5.41, 5.74) is 0. The van der Waals surface area contributed by atoms with Crippen LogP contribution < -0.4 is 0 Å². The van der Waals surface area contributed by atoms with Crippen molar-refractivity contribution in [3.8, 4) is 0 Å². The van der Waals surface area contributed by atoms with Gasteiger partial charge in [0.2, 0.25) is 5.91 Å². The molecule has 0 aromatic carbocycles. The van der Waals surface area contributed by atoms with E-state index in [0.717, 1.165) is 0 Å². The highest BCUT2D eigenvalue weighted by atomic mass is 16.5. The van der Waals surface area contributed by atoms with Crippen molar-refractivity contribution in [1.29, 1.82) is 0 Å². The van der Waals surface area contributed by atoms with Gasteiger partial charge in [0.05, 0.1) is 7.11 Å². The molecule has 0 bridgehead atoms. The Morgan fingerprint density at radius 2 is 1.92 bits per heavy atom. The quantitative estimate of drug-likeness (QED) is 0.328. The molecule has 4 nitrogen and oxygen atoms in total. The molecule has 0 aromatic rings. The third-order valence-corrected chi connectivity index (χ3v) is 1.54. The first-order valence-corrected chi connectivity index (χ1v) is 3.76. The normalized spacial score (nSPS) is 9.08. The Hall–Kier alpha value is -1.06. The van der Waals surface area contributed by atoms with Gasteiger partial charge in [-0.15, -0.1) is 0 Å². The summed E-state index contributed by atoms with van der Waals surface area (Å²) in [6.07, 6.45) is 0.316. The number of hydrogen-bond acceptors (Lipinski definition) is 2. The lowest BCUT2D eigenvalue weighted by atomic mass is 10.4. The molecule has 12 heavy (non-hydrogen) atoms. The molecule has 0 heterocycles. The molecule has 0 radical (unpaired) electrons. The van der Waals surface area contributed by atoms with Crippen molar-refractivity contribution in [2.45, 2.75) is 6.42 Å². The minimum Gasteiger partial charge on any atom is -0.451 e. The smallest absolute Gasteiger partial charge is 0.345 e. The van der Waals surface area contributed by atoms with E-state index in [9.17, 15) is 4.79 Å². The first kappa shape index (κ1) is 10.9. The van der Waals surface area contributed by atoms with Crippen LogP contribution in [0, 0.1) is 0 Å². The predicted octanol–water partition coefficient (Wildman–Crippen LogP) is -0.218. The topological polar surface area (TPSA) is 32.5 Å². The number of ether oxygens (including phenoxy) is 1. The molecule has 0 aliphatic carbocycles. The first-order valence-electron chi connectivity index (χ1n) is 3.76. The summed E-state index contributed by atoms with van der Waals surface area (Å²) in [4.78, 5) is 12.8. The Kier molecular flexibility index (Phi) is 4.33. The maximum atomic E-state index is 11.2. The van der Waals surface area contributed by atoms with Crippen molar-refractivity contribution >= 4 is 11.8 Å². The molecule has 0 saturated heterocycles. The van der Waals surface area contributed by atoms with Crippen LogP contribution in [-0.4, -0.2) is 56.6 Å². The fourth-order valence-electron chi connectivity index (χ4n) is 0.700. The van der Waals surface area contributed by atoms with Crippen LogP contribution in [0.1, 0.15) is 6.42 Å². The molecule has 1 amide bonds. The Bertz CT molecular complexity index is 193. The number of carbonyl (C=O) groups is 1. The van der Waals surface area contributed by atoms with E-state index in [-0.39, 0.29) is 5.91 Å². The number of methoxy groups -OCH3 is 1. The van der Waals surface area contributed by atoms with Gasteiger partial charge in [0.25, 0.3) is 0 Å². The fourth-order valence-corrected chi connectivity index (χ4v) is 0.700. The summed E-state index contributed by atoms with van der Waals surface area (Å²) >= 11 is 0. The second kappa shape index (κ2) is 4.74. The maximum absolute atomic E-state index is 11.2. The second-order valence-electron chi connectivity index (χ2n) is 2.96. The molecule has 4 heteroatoms. The van der Waals surface area contributed by atoms with Crippen LogP contribution >= 0.6 is 0 Å². The molecule has 70 valence electrons. The third kappa shape index (κ3) is 3.37. The average Bonchev–Trinajstić information content (AvgIpc) is 1.98. The lowest BCUT2D eigenvalue weighted by molar-refractivity contribution is -0.475. The number of carbonyl (C=O) groups excluding carboxylic acids is 1. The highest BCUT2D eigenvalue weighted by Gasteiger charge is 2.15. The molecule has 0 atom stereocenters. The number of amides is 1. The molecule has 0 aromatic heterocycles. The summed E-state index contributed by atoms with van der Waals surface area (Å²) < 4.78 is 6.82. The molecule has 0 N–H and O–H groups in total. The van der Waals surface area contributed by atoms with Gasteiger partial charge >= 0.3 is 5.90 Å². The molecule has 0 fully saturated rings. The Labute approximate surface area is 73.4 Å². The highest BCUT2D eigenvalue weighted by Crippen LogP contribution is 1.91. The Morgan fingerprint density at radius 1 is 1.42 bits per heavy atom. The predicted molar refractivity (Wildman–Crippen MR) is 47.4 cm³/mol. The van der Waals surface area contributed by atoms with Crippen LogP contribution in [0.4, 0.5) is 0 Å². The molecular weight excluding hydrogens is 156 g/mol. The number of rotatable bonds is 2. The molecular formula is C8H17N2O2+. The maximum Gasteiger partial charge on any atom is 0.345 e. The number of hydrogen-bond donors (Lipinski definition) is 0. The number of nitrogens with zero attached hydrogens (tertiary/aromatic N) is 2. The van der Waals surface area contributed by atoms with E-state index in [1.807, 2.05) is 14.1 Å². The standard InChI is InChI=1S/C8H17N2O2/c1-9(2)7(11)6-8(12-5)10(3)4/h6H2,1-5H3/q+1. The first-order chi connectivity index (χ1) is 5.49. The largest absolute Gasteiger partial charge is 0.451 e. The zero-order chi connectivity index (χ0) is 9.72. The zero-order valence-corrected chi connectivity index (χ0v) is 8.42. The van der Waals surface area contributed by atoms with Crippen LogP contribution in [-0.2, 0) is 9.53 Å². The van der Waals surface area contributed by atoms with Crippen LogP contribution in [0.25, 0.3) is 0 Å². The summed E-state index contributed by atoms with van der Waals surface area (Å²) in [5.74, 6) is 0.717. The van der Waals surface area contributed by atoms with Gasteiger partial charge in [-0.25, -0.2) is 4.58 Å². The zero-order valence-electron chi connectivity index (χ0n) is 8.42. The van der Waals surface area contributed by atoms with E-state index in [2.05, 4.69) is 0 Å². The van der Waals surface area contributed by atoms with Gasteiger partial charge in [0, 0.05) is 14.1 Å². The van der Waals surface area contributed by atoms with E-state index in [4.69, 9.17) is 4.74 Å². The summed E-state index contributed by atoms with van der Waals surface area (Å²) in [6.45, 7) is 0. The lowest BCUT2D eigenvalue weighted by Gasteiger charge is -2.09. The molecule has 0 aliphatic rings. The van der Waals surface area contributed by atoms with Crippen molar-refractivity contribution in [3.05, 3.63) is 0 Å². The average molecular weight is 173 g/mol. The molecule has 0 saturated carbocycles. The van der Waals surface area contributed by atoms with Gasteiger partial charge in [0.1, 0.15) is 20.5 Å².